The highest BCUT2D eigenvalue weighted by atomic mass is 19.1. The molecule has 0 spiro atoms. The van der Waals surface area contributed by atoms with E-state index in [2.05, 4.69) is 28.9 Å². The van der Waals surface area contributed by atoms with Crippen molar-refractivity contribution in [3.8, 4) is 0 Å². The van der Waals surface area contributed by atoms with Gasteiger partial charge in [-0.25, -0.2) is 9.18 Å². The summed E-state index contributed by atoms with van der Waals surface area (Å²) < 4.78 is 16.8. The second-order valence-electron chi connectivity index (χ2n) is 8.91. The number of allylic oxidation sites excluding steroid dienone is 1. The van der Waals surface area contributed by atoms with E-state index in [1.54, 1.807) is 10.6 Å². The van der Waals surface area contributed by atoms with Crippen LogP contribution in [0.1, 0.15) is 22.8 Å². The van der Waals surface area contributed by atoms with Crippen molar-refractivity contribution < 1.29 is 14.3 Å². The summed E-state index contributed by atoms with van der Waals surface area (Å²) in [7, 11) is 0. The van der Waals surface area contributed by atoms with Crippen molar-refractivity contribution >= 4 is 33.8 Å². The van der Waals surface area contributed by atoms with Crippen LogP contribution >= 0.6 is 0 Å². The highest BCUT2D eigenvalue weighted by molar-refractivity contribution is 5.93. The van der Waals surface area contributed by atoms with Crippen LogP contribution in [-0.4, -0.2) is 53.3 Å². The van der Waals surface area contributed by atoms with Crippen molar-refractivity contribution in [1.82, 2.24) is 9.47 Å². The van der Waals surface area contributed by atoms with Crippen LogP contribution in [0.15, 0.2) is 65.7 Å². The molecule has 2 aromatic carbocycles. The van der Waals surface area contributed by atoms with Gasteiger partial charge in [-0.2, -0.15) is 0 Å². The minimum absolute atomic E-state index is 0.0865. The molecule has 3 aromatic rings. The molecule has 35 heavy (non-hydrogen) atoms. The number of rotatable bonds is 5. The molecule has 2 aliphatic heterocycles. The zero-order valence-electron chi connectivity index (χ0n) is 19.6. The lowest BCUT2D eigenvalue weighted by Crippen LogP contribution is -2.47. The molecule has 3 heterocycles. The number of halogens is 1. The zero-order chi connectivity index (χ0) is 24.7. The maximum absolute atomic E-state index is 15.2. The summed E-state index contributed by atoms with van der Waals surface area (Å²) in [5.41, 5.74) is 4.25. The first-order chi connectivity index (χ1) is 16.9. The Balaban J connectivity index is 1.37. The maximum atomic E-state index is 15.2. The number of hydrogen-bond donors (Lipinski definition) is 2. The lowest BCUT2D eigenvalue weighted by molar-refractivity contribution is 0.0695. The minimum atomic E-state index is -1.31. The molecule has 0 atom stereocenters. The normalized spacial score (nSPS) is 16.1. The van der Waals surface area contributed by atoms with Crippen LogP contribution in [0.25, 0.3) is 16.5 Å². The van der Waals surface area contributed by atoms with E-state index in [0.29, 0.717) is 30.8 Å². The van der Waals surface area contributed by atoms with E-state index in [-0.39, 0.29) is 10.9 Å². The number of carboxylic acids is 1. The maximum Gasteiger partial charge on any atom is 0.341 e. The lowest BCUT2D eigenvalue weighted by Gasteiger charge is -2.37. The van der Waals surface area contributed by atoms with E-state index in [1.807, 2.05) is 30.0 Å². The van der Waals surface area contributed by atoms with Crippen LogP contribution in [0.3, 0.4) is 0 Å². The smallest absolute Gasteiger partial charge is 0.341 e. The molecule has 1 aromatic heterocycles. The van der Waals surface area contributed by atoms with Crippen molar-refractivity contribution in [3.05, 3.63) is 88.1 Å². The topological polar surface area (TPSA) is 77.8 Å². The van der Waals surface area contributed by atoms with Gasteiger partial charge >= 0.3 is 5.97 Å². The molecule has 7 nitrogen and oxygen atoms in total. The second kappa shape index (κ2) is 9.03. The third kappa shape index (κ3) is 4.21. The molecule has 0 aliphatic carbocycles. The van der Waals surface area contributed by atoms with Crippen LogP contribution in [0.2, 0.25) is 0 Å². The van der Waals surface area contributed by atoms with Crippen LogP contribution in [0.4, 0.5) is 15.8 Å². The van der Waals surface area contributed by atoms with Gasteiger partial charge in [-0.15, -0.1) is 0 Å². The Labute approximate surface area is 202 Å². The summed E-state index contributed by atoms with van der Waals surface area (Å²) in [4.78, 5) is 28.4. The zero-order valence-corrected chi connectivity index (χ0v) is 19.6. The number of fused-ring (bicyclic) bond motifs is 2. The lowest BCUT2D eigenvalue weighted by atomic mass is 9.98. The predicted octanol–water partition coefficient (Wildman–Crippen LogP) is 4.00. The van der Waals surface area contributed by atoms with E-state index in [1.165, 1.54) is 23.4 Å². The Morgan fingerprint density at radius 3 is 2.63 bits per heavy atom. The van der Waals surface area contributed by atoms with Gasteiger partial charge in [0.2, 0.25) is 5.43 Å². The number of piperazine rings is 1. The minimum Gasteiger partial charge on any atom is -0.477 e. The van der Waals surface area contributed by atoms with Gasteiger partial charge in [-0.3, -0.25) is 9.69 Å². The van der Waals surface area contributed by atoms with E-state index < -0.39 is 17.2 Å². The molecular weight excluding hydrogens is 447 g/mol. The number of para-hydroxylation sites is 1. The first kappa shape index (κ1) is 22.9. The number of hydrogen-bond acceptors (Lipinski definition) is 5. The molecule has 8 heteroatoms. The molecule has 1 saturated heterocycles. The van der Waals surface area contributed by atoms with Gasteiger partial charge in [0.1, 0.15) is 11.4 Å². The van der Waals surface area contributed by atoms with Gasteiger partial charge in [0.05, 0.1) is 11.2 Å². The predicted molar refractivity (Wildman–Crippen MR) is 137 cm³/mol. The van der Waals surface area contributed by atoms with Crippen molar-refractivity contribution in [2.75, 3.05) is 42.9 Å². The Kier molecular flexibility index (Phi) is 5.90. The third-order valence-electron chi connectivity index (χ3n) is 6.74. The number of aryl methyl sites for hydroxylation is 1. The molecular formula is C27H27FN4O3. The molecule has 0 bridgehead atoms. The quantitative estimate of drug-likeness (QED) is 0.582. The van der Waals surface area contributed by atoms with E-state index in [4.69, 9.17) is 0 Å². The van der Waals surface area contributed by atoms with Crippen LogP contribution in [-0.2, 0) is 6.54 Å². The average molecular weight is 475 g/mol. The monoisotopic (exact) mass is 474 g/mol. The molecule has 0 saturated carbocycles. The highest BCUT2D eigenvalue weighted by Crippen LogP contribution is 2.32. The fourth-order valence-electron chi connectivity index (χ4n) is 4.94. The number of anilines is 2. The van der Waals surface area contributed by atoms with Crippen LogP contribution in [0.5, 0.6) is 0 Å². The summed E-state index contributed by atoms with van der Waals surface area (Å²) in [6.07, 6.45) is 3.41. The molecule has 0 radical (unpaired) electrons. The molecule has 0 amide bonds. The Hall–Kier alpha value is -3.91. The fourth-order valence-corrected chi connectivity index (χ4v) is 4.94. The van der Waals surface area contributed by atoms with Gasteiger partial charge in [0, 0.05) is 67.8 Å². The second-order valence-corrected chi connectivity index (χ2v) is 8.91. The number of nitrogens with zero attached hydrogens (tertiary/aromatic N) is 3. The Morgan fingerprint density at radius 1 is 1.17 bits per heavy atom. The molecule has 5 rings (SSSR count). The number of aromatic nitrogens is 1. The molecule has 180 valence electrons. The number of nitrogens with one attached hydrogen (secondary N) is 1. The van der Waals surface area contributed by atoms with Gasteiger partial charge in [-0.05, 0) is 36.8 Å². The molecule has 0 unspecified atom stereocenters. The van der Waals surface area contributed by atoms with Crippen molar-refractivity contribution in [2.24, 2.45) is 0 Å². The van der Waals surface area contributed by atoms with Crippen LogP contribution in [0, 0.1) is 5.82 Å². The molecule has 2 N–H and O–H groups in total. The molecule has 1 fully saturated rings. The van der Waals surface area contributed by atoms with Gasteiger partial charge in [-0.1, -0.05) is 24.8 Å². The SMILES string of the molecule is C=C1C=C(CN2CCN(c3cc4c(cc3F)c(=O)c(C(=O)O)cn4CC)CC2)c2ccccc2N1. The Morgan fingerprint density at radius 2 is 1.91 bits per heavy atom. The summed E-state index contributed by atoms with van der Waals surface area (Å²) >= 11 is 0. The summed E-state index contributed by atoms with van der Waals surface area (Å²) in [6.45, 7) is 9.96. The summed E-state index contributed by atoms with van der Waals surface area (Å²) in [5, 5.41) is 12.7. The first-order valence-electron chi connectivity index (χ1n) is 11.7. The van der Waals surface area contributed by atoms with E-state index in [0.717, 1.165) is 31.0 Å². The van der Waals surface area contributed by atoms with Gasteiger partial charge in [0.15, 0.2) is 0 Å². The fraction of sp³-hybridized carbons (Fsp3) is 0.259. The van der Waals surface area contributed by atoms with E-state index in [9.17, 15) is 14.7 Å². The standard InChI is InChI=1S/C27H27FN4O3/c1-3-31-16-21(27(34)35)26(33)20-13-22(28)25(14-24(20)31)32-10-8-30(9-11-32)15-18-12-17(2)29-23-7-5-4-6-19(18)23/h4-7,12-14,16,29H,2-3,8-11,15H2,1H3,(H,34,35). The van der Waals surface area contributed by atoms with Crippen LogP contribution < -0.4 is 15.6 Å². The van der Waals surface area contributed by atoms with Crippen molar-refractivity contribution in [2.45, 2.75) is 13.5 Å². The van der Waals surface area contributed by atoms with Crippen molar-refractivity contribution in [1.29, 1.82) is 0 Å². The Bertz CT molecular complexity index is 1430. The van der Waals surface area contributed by atoms with Gasteiger partial charge < -0.3 is 19.9 Å². The third-order valence-corrected chi connectivity index (χ3v) is 6.74. The largest absolute Gasteiger partial charge is 0.477 e. The number of pyridine rings is 1. The molecule has 2 aliphatic rings. The summed E-state index contributed by atoms with van der Waals surface area (Å²) in [5.74, 6) is -1.82. The first-order valence-corrected chi connectivity index (χ1v) is 11.7. The summed E-state index contributed by atoms with van der Waals surface area (Å²) in [6, 6.07) is 11.0. The number of carbonyl (C=O) groups is 1. The van der Waals surface area contributed by atoms with Gasteiger partial charge in [0.25, 0.3) is 0 Å². The number of benzene rings is 2. The number of aromatic carboxylic acids is 1. The highest BCUT2D eigenvalue weighted by Gasteiger charge is 2.24. The van der Waals surface area contributed by atoms with E-state index >= 15 is 4.39 Å². The van der Waals surface area contributed by atoms with Crippen molar-refractivity contribution in [3.63, 3.8) is 0 Å². The number of carboxylic acid groups (broad SMARTS) is 1. The average Bonchev–Trinajstić information content (AvgIpc) is 2.84.